The number of piperidine rings is 1. The summed E-state index contributed by atoms with van der Waals surface area (Å²) < 4.78 is 0. The van der Waals surface area contributed by atoms with Crippen LogP contribution in [0.25, 0.3) is 0 Å². The van der Waals surface area contributed by atoms with E-state index in [1.807, 2.05) is 29.2 Å². The first kappa shape index (κ1) is 12.1. The summed E-state index contributed by atoms with van der Waals surface area (Å²) in [6, 6.07) is 7.59. The molecular weight excluding hydrogens is 214 g/mol. The fourth-order valence-corrected chi connectivity index (χ4v) is 2.33. The summed E-state index contributed by atoms with van der Waals surface area (Å²) in [5.74, 6) is 0.119. The molecule has 0 saturated carbocycles. The second-order valence-corrected chi connectivity index (χ2v) is 4.48. The number of benzene rings is 1. The second-order valence-electron chi connectivity index (χ2n) is 4.48. The molecule has 92 valence electrons. The molecule has 0 unspecified atom stereocenters. The third-order valence-electron chi connectivity index (χ3n) is 3.27. The number of aliphatic hydroxyl groups excluding tert-OH is 1. The van der Waals surface area contributed by atoms with Gasteiger partial charge < -0.3 is 10.0 Å². The molecule has 0 aromatic heterocycles. The Morgan fingerprint density at radius 2 is 1.88 bits per heavy atom. The predicted octanol–water partition coefficient (Wildman–Crippen LogP) is 1.85. The van der Waals surface area contributed by atoms with Gasteiger partial charge in [0.05, 0.1) is 0 Å². The molecule has 1 N–H and O–H groups in total. The fraction of sp³-hybridized carbons (Fsp3) is 0.500. The Labute approximate surface area is 102 Å². The van der Waals surface area contributed by atoms with Gasteiger partial charge in [-0.25, -0.2) is 0 Å². The molecule has 1 aliphatic heterocycles. The zero-order valence-electron chi connectivity index (χ0n) is 10.1. The van der Waals surface area contributed by atoms with Gasteiger partial charge in [-0.1, -0.05) is 18.2 Å². The molecule has 2 rings (SSSR count). The van der Waals surface area contributed by atoms with Crippen LogP contribution in [-0.2, 0) is 6.42 Å². The van der Waals surface area contributed by atoms with Crippen LogP contribution in [0.3, 0.4) is 0 Å². The Bertz CT molecular complexity index is 384. The van der Waals surface area contributed by atoms with Crippen molar-refractivity contribution in [1.82, 2.24) is 4.90 Å². The maximum absolute atomic E-state index is 12.3. The topological polar surface area (TPSA) is 40.5 Å². The minimum Gasteiger partial charge on any atom is -0.396 e. The van der Waals surface area contributed by atoms with Crippen LogP contribution in [0, 0.1) is 0 Å². The number of likely N-dealkylation sites (tertiary alicyclic amines) is 1. The van der Waals surface area contributed by atoms with Crippen molar-refractivity contribution >= 4 is 5.91 Å². The van der Waals surface area contributed by atoms with E-state index >= 15 is 0 Å². The van der Waals surface area contributed by atoms with Gasteiger partial charge in [-0.2, -0.15) is 0 Å². The lowest BCUT2D eigenvalue weighted by Crippen LogP contribution is -2.36. The number of amides is 1. The van der Waals surface area contributed by atoms with E-state index in [4.69, 9.17) is 5.11 Å². The summed E-state index contributed by atoms with van der Waals surface area (Å²) in [6.07, 6.45) is 3.99. The Morgan fingerprint density at radius 3 is 2.59 bits per heavy atom. The zero-order valence-corrected chi connectivity index (χ0v) is 10.1. The summed E-state index contributed by atoms with van der Waals surface area (Å²) in [6.45, 7) is 1.82. The Balaban J connectivity index is 2.17. The highest BCUT2D eigenvalue weighted by atomic mass is 16.3. The number of aliphatic hydroxyl groups is 1. The van der Waals surface area contributed by atoms with Gasteiger partial charge in [0.2, 0.25) is 0 Å². The van der Waals surface area contributed by atoms with E-state index in [9.17, 15) is 4.79 Å². The van der Waals surface area contributed by atoms with Crippen LogP contribution >= 0.6 is 0 Å². The highest BCUT2D eigenvalue weighted by Gasteiger charge is 2.19. The van der Waals surface area contributed by atoms with Gasteiger partial charge >= 0.3 is 0 Å². The number of carbonyl (C=O) groups excluding carboxylic acids is 1. The number of rotatable bonds is 3. The number of carbonyl (C=O) groups is 1. The normalized spacial score (nSPS) is 15.9. The molecular formula is C14H19NO2. The summed E-state index contributed by atoms with van der Waals surface area (Å²) in [5, 5.41) is 9.01. The van der Waals surface area contributed by atoms with Gasteiger partial charge in [-0.3, -0.25) is 4.79 Å². The number of hydrogen-bond donors (Lipinski definition) is 1. The third kappa shape index (κ3) is 2.86. The van der Waals surface area contributed by atoms with Crippen LogP contribution in [-0.4, -0.2) is 35.6 Å². The van der Waals surface area contributed by atoms with Crippen molar-refractivity contribution in [3.05, 3.63) is 35.4 Å². The lowest BCUT2D eigenvalue weighted by Gasteiger charge is -2.27. The Kier molecular flexibility index (Phi) is 4.15. The molecule has 1 aliphatic rings. The van der Waals surface area contributed by atoms with Crippen molar-refractivity contribution in [3.8, 4) is 0 Å². The van der Waals surface area contributed by atoms with E-state index < -0.39 is 0 Å². The standard InChI is InChI=1S/C14H19NO2/c16-11-8-12-6-2-3-7-13(12)14(17)15-9-4-1-5-10-15/h2-3,6-7,16H,1,4-5,8-11H2. The minimum atomic E-state index is 0.0876. The molecule has 1 fully saturated rings. The molecule has 1 aromatic rings. The highest BCUT2D eigenvalue weighted by Crippen LogP contribution is 2.16. The van der Waals surface area contributed by atoms with Gasteiger partial charge in [0.1, 0.15) is 0 Å². The largest absolute Gasteiger partial charge is 0.396 e. The van der Waals surface area contributed by atoms with Gasteiger partial charge in [0.25, 0.3) is 5.91 Å². The average Bonchev–Trinajstić information content (AvgIpc) is 2.40. The van der Waals surface area contributed by atoms with Crippen molar-refractivity contribution in [2.45, 2.75) is 25.7 Å². The molecule has 0 atom stereocenters. The fourth-order valence-electron chi connectivity index (χ4n) is 2.33. The number of nitrogens with zero attached hydrogens (tertiary/aromatic N) is 1. The molecule has 3 heteroatoms. The first-order chi connectivity index (χ1) is 8.33. The van der Waals surface area contributed by atoms with E-state index in [0.717, 1.165) is 37.1 Å². The monoisotopic (exact) mass is 233 g/mol. The maximum Gasteiger partial charge on any atom is 0.254 e. The quantitative estimate of drug-likeness (QED) is 0.865. The minimum absolute atomic E-state index is 0.0876. The van der Waals surface area contributed by atoms with Crippen molar-refractivity contribution in [1.29, 1.82) is 0 Å². The van der Waals surface area contributed by atoms with Crippen molar-refractivity contribution in [2.24, 2.45) is 0 Å². The highest BCUT2D eigenvalue weighted by molar-refractivity contribution is 5.95. The average molecular weight is 233 g/mol. The predicted molar refractivity (Wildman–Crippen MR) is 67.0 cm³/mol. The van der Waals surface area contributed by atoms with E-state index in [1.165, 1.54) is 6.42 Å². The van der Waals surface area contributed by atoms with Gasteiger partial charge in [0, 0.05) is 25.3 Å². The summed E-state index contributed by atoms with van der Waals surface area (Å²) in [5.41, 5.74) is 1.70. The SMILES string of the molecule is O=C(c1ccccc1CCO)N1CCCCC1. The third-order valence-corrected chi connectivity index (χ3v) is 3.27. The van der Waals surface area contributed by atoms with E-state index in [0.29, 0.717) is 6.42 Å². The molecule has 0 spiro atoms. The van der Waals surface area contributed by atoms with Gasteiger partial charge in [0.15, 0.2) is 0 Å². The second kappa shape index (κ2) is 5.82. The van der Waals surface area contributed by atoms with Crippen molar-refractivity contribution < 1.29 is 9.90 Å². The van der Waals surface area contributed by atoms with Crippen LogP contribution in [0.4, 0.5) is 0 Å². The molecule has 1 amide bonds. The van der Waals surface area contributed by atoms with Crippen LogP contribution in [0.2, 0.25) is 0 Å². The van der Waals surface area contributed by atoms with Gasteiger partial charge in [-0.05, 0) is 37.3 Å². The molecule has 3 nitrogen and oxygen atoms in total. The van der Waals surface area contributed by atoms with Crippen LogP contribution < -0.4 is 0 Å². The van der Waals surface area contributed by atoms with E-state index in [-0.39, 0.29) is 12.5 Å². The molecule has 0 bridgehead atoms. The Hall–Kier alpha value is -1.35. The first-order valence-electron chi connectivity index (χ1n) is 6.31. The van der Waals surface area contributed by atoms with E-state index in [2.05, 4.69) is 0 Å². The van der Waals surface area contributed by atoms with Crippen molar-refractivity contribution in [2.75, 3.05) is 19.7 Å². The lowest BCUT2D eigenvalue weighted by atomic mass is 10.0. The van der Waals surface area contributed by atoms with E-state index in [1.54, 1.807) is 0 Å². The molecule has 1 heterocycles. The smallest absolute Gasteiger partial charge is 0.254 e. The van der Waals surface area contributed by atoms with Crippen LogP contribution in [0.1, 0.15) is 35.2 Å². The molecule has 1 aromatic carbocycles. The summed E-state index contributed by atoms with van der Waals surface area (Å²) in [4.78, 5) is 14.3. The maximum atomic E-state index is 12.3. The number of hydrogen-bond acceptors (Lipinski definition) is 2. The van der Waals surface area contributed by atoms with Crippen LogP contribution in [0.15, 0.2) is 24.3 Å². The molecule has 17 heavy (non-hydrogen) atoms. The van der Waals surface area contributed by atoms with Gasteiger partial charge in [-0.15, -0.1) is 0 Å². The summed E-state index contributed by atoms with van der Waals surface area (Å²) in [7, 11) is 0. The molecule has 1 saturated heterocycles. The molecule has 0 radical (unpaired) electrons. The lowest BCUT2D eigenvalue weighted by molar-refractivity contribution is 0.0723. The zero-order chi connectivity index (χ0) is 12.1. The first-order valence-corrected chi connectivity index (χ1v) is 6.31. The Morgan fingerprint density at radius 1 is 1.18 bits per heavy atom. The van der Waals surface area contributed by atoms with Crippen molar-refractivity contribution in [3.63, 3.8) is 0 Å². The molecule has 0 aliphatic carbocycles. The summed E-state index contributed by atoms with van der Waals surface area (Å²) >= 11 is 0. The van der Waals surface area contributed by atoms with Crippen LogP contribution in [0.5, 0.6) is 0 Å².